The van der Waals surface area contributed by atoms with Gasteiger partial charge in [-0.15, -0.1) is 0 Å². The molecule has 0 N–H and O–H groups in total. The number of rotatable bonds is 3. The van der Waals surface area contributed by atoms with Crippen molar-refractivity contribution in [3.63, 3.8) is 0 Å². The third-order valence-corrected chi connectivity index (χ3v) is 6.31. The summed E-state index contributed by atoms with van der Waals surface area (Å²) in [6.45, 7) is 4.45. The van der Waals surface area contributed by atoms with Crippen molar-refractivity contribution in [3.8, 4) is 11.4 Å². The zero-order valence-electron chi connectivity index (χ0n) is 17.9. The molecule has 0 unspecified atom stereocenters. The van der Waals surface area contributed by atoms with Crippen LogP contribution in [0.15, 0.2) is 35.5 Å². The summed E-state index contributed by atoms with van der Waals surface area (Å²) in [7, 11) is 5.93. The number of piperidine rings is 1. The number of hydrogen-bond acceptors (Lipinski definition) is 6. The van der Waals surface area contributed by atoms with Crippen molar-refractivity contribution in [2.45, 2.75) is 25.8 Å². The SMILES string of the molecule is Cc1cnc(N2C[C@@H]3C[C@H](C2)c2ccc(-c4nccn4C)c(=O)n2C3)nc1N(C)C. The highest BCUT2D eigenvalue weighted by molar-refractivity contribution is 5.55. The maximum atomic E-state index is 13.3. The van der Waals surface area contributed by atoms with E-state index in [1.165, 1.54) is 0 Å². The van der Waals surface area contributed by atoms with E-state index in [-0.39, 0.29) is 5.56 Å². The zero-order valence-corrected chi connectivity index (χ0v) is 17.9. The van der Waals surface area contributed by atoms with Crippen LogP contribution in [0.2, 0.25) is 0 Å². The first-order chi connectivity index (χ1) is 14.4. The fraction of sp³-hybridized carbons (Fsp3) is 0.455. The standard InChI is InChI=1S/C22H27N7O/c1-14-10-24-22(25-19(14)26(2)3)28-11-15-9-16(13-28)18-6-5-17(21(30)29(18)12-15)20-23-7-8-27(20)4/h5-8,10,15-16H,9,11-13H2,1-4H3/t15-,16+/m0/s1. The lowest BCUT2D eigenvalue weighted by molar-refractivity contribution is 0.280. The number of fused-ring (bicyclic) bond motifs is 4. The van der Waals surface area contributed by atoms with Crippen LogP contribution in [0.1, 0.15) is 23.6 Å². The number of imidazole rings is 1. The van der Waals surface area contributed by atoms with Crippen molar-refractivity contribution >= 4 is 11.8 Å². The molecule has 2 atom stereocenters. The fourth-order valence-electron chi connectivity index (χ4n) is 4.93. The van der Waals surface area contributed by atoms with Gasteiger partial charge >= 0.3 is 0 Å². The Hall–Kier alpha value is -3.16. The molecule has 156 valence electrons. The molecule has 0 radical (unpaired) electrons. The number of pyridine rings is 1. The fourth-order valence-corrected chi connectivity index (χ4v) is 4.93. The zero-order chi connectivity index (χ0) is 21.0. The van der Waals surface area contributed by atoms with Crippen LogP contribution in [-0.4, -0.2) is 51.3 Å². The summed E-state index contributed by atoms with van der Waals surface area (Å²) in [6.07, 6.45) is 6.61. The maximum Gasteiger partial charge on any atom is 0.261 e. The lowest BCUT2D eigenvalue weighted by Crippen LogP contribution is -2.48. The van der Waals surface area contributed by atoms with Crippen molar-refractivity contribution in [2.75, 3.05) is 37.0 Å². The van der Waals surface area contributed by atoms with Gasteiger partial charge in [0.2, 0.25) is 5.95 Å². The minimum atomic E-state index is 0.0615. The minimum absolute atomic E-state index is 0.0615. The Bertz CT molecular complexity index is 1160. The second kappa shape index (κ2) is 6.97. The van der Waals surface area contributed by atoms with Gasteiger partial charge in [0.1, 0.15) is 11.6 Å². The number of nitrogens with zero attached hydrogens (tertiary/aromatic N) is 7. The van der Waals surface area contributed by atoms with Gasteiger partial charge in [0.25, 0.3) is 5.56 Å². The van der Waals surface area contributed by atoms with E-state index < -0.39 is 0 Å². The molecule has 1 fully saturated rings. The Labute approximate surface area is 175 Å². The van der Waals surface area contributed by atoms with Gasteiger partial charge in [0.15, 0.2) is 0 Å². The third-order valence-electron chi connectivity index (χ3n) is 6.31. The first-order valence-corrected chi connectivity index (χ1v) is 10.4. The number of aryl methyl sites for hydroxylation is 2. The molecular formula is C22H27N7O. The molecular weight excluding hydrogens is 378 g/mol. The summed E-state index contributed by atoms with van der Waals surface area (Å²) >= 11 is 0. The molecule has 2 bridgehead atoms. The van der Waals surface area contributed by atoms with Gasteiger partial charge in [-0.05, 0) is 31.4 Å². The Kier molecular flexibility index (Phi) is 4.38. The van der Waals surface area contributed by atoms with Gasteiger partial charge in [-0.3, -0.25) is 4.79 Å². The van der Waals surface area contributed by atoms with Crippen LogP contribution in [-0.2, 0) is 13.6 Å². The second-order valence-corrected chi connectivity index (χ2v) is 8.72. The minimum Gasteiger partial charge on any atom is -0.362 e. The molecule has 5 heterocycles. The van der Waals surface area contributed by atoms with Gasteiger partial charge in [0.05, 0.1) is 5.56 Å². The van der Waals surface area contributed by atoms with Gasteiger partial charge in [-0.2, -0.15) is 4.98 Å². The predicted octanol–water partition coefficient (Wildman–Crippen LogP) is 2.04. The largest absolute Gasteiger partial charge is 0.362 e. The molecule has 0 amide bonds. The van der Waals surface area contributed by atoms with E-state index in [1.807, 2.05) is 60.6 Å². The van der Waals surface area contributed by atoms with Crippen LogP contribution in [0.5, 0.6) is 0 Å². The first kappa shape index (κ1) is 18.8. The monoisotopic (exact) mass is 405 g/mol. The highest BCUT2D eigenvalue weighted by atomic mass is 16.1. The number of hydrogen-bond donors (Lipinski definition) is 0. The maximum absolute atomic E-state index is 13.3. The predicted molar refractivity (Wildman–Crippen MR) is 117 cm³/mol. The van der Waals surface area contributed by atoms with Crippen molar-refractivity contribution in [2.24, 2.45) is 13.0 Å². The summed E-state index contributed by atoms with van der Waals surface area (Å²) in [5.41, 5.74) is 2.91. The van der Waals surface area contributed by atoms with Crippen molar-refractivity contribution < 1.29 is 0 Å². The van der Waals surface area contributed by atoms with Crippen LogP contribution in [0, 0.1) is 12.8 Å². The van der Waals surface area contributed by atoms with E-state index in [4.69, 9.17) is 4.98 Å². The van der Waals surface area contributed by atoms with Crippen LogP contribution in [0.3, 0.4) is 0 Å². The Morgan fingerprint density at radius 3 is 2.70 bits per heavy atom. The summed E-state index contributed by atoms with van der Waals surface area (Å²) in [6, 6.07) is 4.04. The summed E-state index contributed by atoms with van der Waals surface area (Å²) < 4.78 is 3.87. The van der Waals surface area contributed by atoms with E-state index in [0.717, 1.165) is 54.9 Å². The van der Waals surface area contributed by atoms with Crippen molar-refractivity contribution in [3.05, 3.63) is 52.3 Å². The van der Waals surface area contributed by atoms with Crippen LogP contribution >= 0.6 is 0 Å². The van der Waals surface area contributed by atoms with Gasteiger partial charge in [-0.1, -0.05) is 0 Å². The summed E-state index contributed by atoms with van der Waals surface area (Å²) in [5, 5.41) is 0. The van der Waals surface area contributed by atoms with E-state index >= 15 is 0 Å². The van der Waals surface area contributed by atoms with E-state index in [9.17, 15) is 4.79 Å². The topological polar surface area (TPSA) is 72.1 Å². The highest BCUT2D eigenvalue weighted by Gasteiger charge is 2.36. The number of aromatic nitrogens is 5. The molecule has 0 aliphatic carbocycles. The molecule has 3 aromatic heterocycles. The second-order valence-electron chi connectivity index (χ2n) is 8.72. The summed E-state index contributed by atoms with van der Waals surface area (Å²) in [5.74, 6) is 3.15. The molecule has 2 aliphatic heterocycles. The van der Waals surface area contributed by atoms with Crippen LogP contribution < -0.4 is 15.4 Å². The van der Waals surface area contributed by atoms with Gasteiger partial charge in [-0.25, -0.2) is 9.97 Å². The van der Waals surface area contributed by atoms with E-state index in [2.05, 4.69) is 20.9 Å². The molecule has 0 spiro atoms. The van der Waals surface area contributed by atoms with Crippen LogP contribution in [0.25, 0.3) is 11.4 Å². The van der Waals surface area contributed by atoms with Crippen molar-refractivity contribution in [1.82, 2.24) is 24.1 Å². The Morgan fingerprint density at radius 1 is 1.13 bits per heavy atom. The molecule has 8 heteroatoms. The smallest absolute Gasteiger partial charge is 0.261 e. The molecule has 0 aromatic carbocycles. The Morgan fingerprint density at radius 2 is 1.97 bits per heavy atom. The molecule has 5 rings (SSSR count). The average Bonchev–Trinajstić information content (AvgIpc) is 3.14. The molecule has 1 saturated heterocycles. The Balaban J connectivity index is 1.49. The first-order valence-electron chi connectivity index (χ1n) is 10.4. The molecule has 3 aromatic rings. The lowest BCUT2D eigenvalue weighted by atomic mass is 9.83. The average molecular weight is 406 g/mol. The molecule has 8 nitrogen and oxygen atoms in total. The van der Waals surface area contributed by atoms with Crippen LogP contribution in [0.4, 0.5) is 11.8 Å². The normalized spacial score (nSPS) is 20.2. The number of anilines is 2. The third kappa shape index (κ3) is 2.98. The van der Waals surface area contributed by atoms with Gasteiger partial charge < -0.3 is 18.9 Å². The molecule has 0 saturated carbocycles. The van der Waals surface area contributed by atoms with Crippen molar-refractivity contribution in [1.29, 1.82) is 0 Å². The van der Waals surface area contributed by atoms with E-state index in [0.29, 0.717) is 17.4 Å². The van der Waals surface area contributed by atoms with E-state index in [1.54, 1.807) is 6.20 Å². The summed E-state index contributed by atoms with van der Waals surface area (Å²) in [4.78, 5) is 31.4. The highest BCUT2D eigenvalue weighted by Crippen LogP contribution is 2.37. The molecule has 30 heavy (non-hydrogen) atoms. The van der Waals surface area contributed by atoms with Gasteiger partial charge in [0, 0.05) is 76.5 Å². The molecule has 2 aliphatic rings. The lowest BCUT2D eigenvalue weighted by Gasteiger charge is -2.43. The quantitative estimate of drug-likeness (QED) is 0.664.